The van der Waals surface area contributed by atoms with Crippen LogP contribution in [0.4, 0.5) is 0 Å². The van der Waals surface area contributed by atoms with Crippen molar-refractivity contribution in [3.63, 3.8) is 0 Å². The van der Waals surface area contributed by atoms with Crippen LogP contribution in [0.15, 0.2) is 42.5 Å². The van der Waals surface area contributed by atoms with Crippen molar-refractivity contribution in [2.75, 3.05) is 5.75 Å². The lowest BCUT2D eigenvalue weighted by atomic mass is 9.69. The number of carbonyl (C=O) groups excluding carboxylic acids is 1. The quantitative estimate of drug-likeness (QED) is 0.403. The Morgan fingerprint density at radius 1 is 1.17 bits per heavy atom. The summed E-state index contributed by atoms with van der Waals surface area (Å²) in [5.74, 6) is 0.756. The fraction of sp³-hybridized carbons (Fsp3) is 0.679. The molecule has 0 radical (unpaired) electrons. The van der Waals surface area contributed by atoms with Gasteiger partial charge >= 0.3 is 0 Å². The van der Waals surface area contributed by atoms with Crippen LogP contribution in [0.2, 0.25) is 0 Å². The first kappa shape index (κ1) is 25.0. The Kier molecular flexibility index (Phi) is 6.88. The average molecular weight is 501 g/mol. The lowest BCUT2D eigenvalue weighted by Crippen LogP contribution is -2.51. The number of hydroxylamine groups is 1. The van der Waals surface area contributed by atoms with Gasteiger partial charge in [0.1, 0.15) is 6.04 Å². The molecule has 4 fully saturated rings. The van der Waals surface area contributed by atoms with Gasteiger partial charge in [0.15, 0.2) is 0 Å². The minimum Gasteiger partial charge on any atom is -0.296 e. The molecule has 1 heterocycles. The van der Waals surface area contributed by atoms with Crippen LogP contribution in [0.25, 0.3) is 0 Å². The maximum absolute atomic E-state index is 13.9. The van der Waals surface area contributed by atoms with Gasteiger partial charge in [-0.15, -0.1) is 0 Å². The van der Waals surface area contributed by atoms with Crippen molar-refractivity contribution in [1.29, 1.82) is 0 Å². The fourth-order valence-corrected chi connectivity index (χ4v) is 10.0. The number of carbonyl (C=O) groups is 1. The van der Waals surface area contributed by atoms with Gasteiger partial charge in [-0.05, 0) is 61.3 Å². The Bertz CT molecular complexity index is 1050. The zero-order valence-corrected chi connectivity index (χ0v) is 21.9. The second kappa shape index (κ2) is 9.64. The zero-order valence-electron chi connectivity index (χ0n) is 21.1. The lowest BCUT2D eigenvalue weighted by Gasteiger charge is -2.37. The number of hydrogen-bond acceptors (Lipinski definition) is 5. The van der Waals surface area contributed by atoms with Crippen LogP contribution in [0.5, 0.6) is 0 Å². The SMILES string of the molecule is CC1(C)[C@@H]2CC[C@]13CS(=O)(=O)N(C(=O)[C@H](C/C=C/C1CCCCC1)NOCc1ccccc1)[C@@H]3C2. The average Bonchev–Trinajstić information content (AvgIpc) is 3.32. The first-order chi connectivity index (χ1) is 16.7. The molecule has 4 aliphatic rings. The highest BCUT2D eigenvalue weighted by atomic mass is 32.2. The predicted molar refractivity (Wildman–Crippen MR) is 136 cm³/mol. The van der Waals surface area contributed by atoms with Crippen LogP contribution in [0.3, 0.4) is 0 Å². The number of allylic oxidation sites excluding steroid dienone is 1. The van der Waals surface area contributed by atoms with Gasteiger partial charge in [0, 0.05) is 5.41 Å². The molecule has 1 aliphatic heterocycles. The standard InChI is InChI=1S/C28H40N2O4S/c1-27(2)23-16-17-28(27)20-35(32,33)30(25(28)18-23)26(31)24(15-9-14-21-10-5-3-6-11-21)29-34-19-22-12-7-4-8-13-22/h4,7-9,12-14,21,23-25,29H,3,5-6,10-11,15-20H2,1-2H3/b14-9+/t23-,24+,25-,28-/m1/s1. The minimum absolute atomic E-state index is 0.0621. The molecule has 35 heavy (non-hydrogen) atoms. The number of nitrogens with one attached hydrogen (secondary N) is 1. The summed E-state index contributed by atoms with van der Waals surface area (Å²) in [6.45, 7) is 4.73. The van der Waals surface area contributed by atoms with Crippen LogP contribution in [-0.4, -0.2) is 36.5 Å². The topological polar surface area (TPSA) is 75.7 Å². The number of sulfonamides is 1. The van der Waals surface area contributed by atoms with Crippen LogP contribution >= 0.6 is 0 Å². The van der Waals surface area contributed by atoms with Gasteiger partial charge in [-0.25, -0.2) is 12.7 Å². The third-order valence-electron chi connectivity index (χ3n) is 9.66. The second-order valence-corrected chi connectivity index (χ2v) is 13.6. The van der Waals surface area contributed by atoms with Gasteiger partial charge in [0.2, 0.25) is 10.0 Å². The molecule has 1 aromatic rings. The van der Waals surface area contributed by atoms with Gasteiger partial charge in [-0.1, -0.05) is 75.6 Å². The van der Waals surface area contributed by atoms with Gasteiger partial charge in [-0.3, -0.25) is 9.63 Å². The highest BCUT2D eigenvalue weighted by molar-refractivity contribution is 7.90. The van der Waals surface area contributed by atoms with Crippen LogP contribution in [0, 0.1) is 22.7 Å². The third kappa shape index (κ3) is 4.49. The molecule has 1 amide bonds. The summed E-state index contributed by atoms with van der Waals surface area (Å²) in [4.78, 5) is 19.6. The smallest absolute Gasteiger partial charge is 0.256 e. The summed E-state index contributed by atoms with van der Waals surface area (Å²) < 4.78 is 28.1. The van der Waals surface area contributed by atoms with Crippen LogP contribution in [0.1, 0.15) is 77.2 Å². The third-order valence-corrected chi connectivity index (χ3v) is 11.6. The normalized spacial score (nSPS) is 32.2. The van der Waals surface area contributed by atoms with E-state index in [0.29, 0.717) is 24.9 Å². The Balaban J connectivity index is 1.33. The summed E-state index contributed by atoms with van der Waals surface area (Å²) in [5, 5.41) is 0. The molecule has 1 aromatic carbocycles. The number of rotatable bonds is 8. The largest absolute Gasteiger partial charge is 0.296 e. The van der Waals surface area contributed by atoms with E-state index in [0.717, 1.165) is 24.8 Å². The first-order valence-corrected chi connectivity index (χ1v) is 15.0. The molecular formula is C28H40N2O4S. The van der Waals surface area contributed by atoms with Crippen LogP contribution < -0.4 is 5.48 Å². The van der Waals surface area contributed by atoms with Crippen molar-refractivity contribution in [3.8, 4) is 0 Å². The van der Waals surface area contributed by atoms with Crippen molar-refractivity contribution >= 4 is 15.9 Å². The Hall–Kier alpha value is -1.70. The number of benzene rings is 1. The molecule has 1 N–H and O–H groups in total. The highest BCUT2D eigenvalue weighted by Crippen LogP contribution is 2.70. The number of hydrogen-bond donors (Lipinski definition) is 1. The second-order valence-electron chi connectivity index (χ2n) is 11.8. The number of nitrogens with zero attached hydrogens (tertiary/aromatic N) is 1. The monoisotopic (exact) mass is 500 g/mol. The Labute approximate surface area is 210 Å². The molecule has 1 spiro atoms. The molecule has 0 unspecified atom stereocenters. The lowest BCUT2D eigenvalue weighted by molar-refractivity contribution is -0.136. The van der Waals surface area contributed by atoms with Gasteiger partial charge in [-0.2, -0.15) is 5.48 Å². The summed E-state index contributed by atoms with van der Waals surface area (Å²) in [5.41, 5.74) is 3.57. The molecule has 7 heteroatoms. The first-order valence-electron chi connectivity index (χ1n) is 13.4. The molecule has 3 aliphatic carbocycles. The van der Waals surface area contributed by atoms with Crippen molar-refractivity contribution in [1.82, 2.24) is 9.79 Å². The Morgan fingerprint density at radius 3 is 2.63 bits per heavy atom. The minimum atomic E-state index is -3.66. The fourth-order valence-electron chi connectivity index (χ4n) is 7.47. The van der Waals surface area contributed by atoms with E-state index in [2.05, 4.69) is 31.5 Å². The summed E-state index contributed by atoms with van der Waals surface area (Å²) in [6, 6.07) is 8.81. The molecule has 192 valence electrons. The predicted octanol–water partition coefficient (Wildman–Crippen LogP) is 4.97. The van der Waals surface area contributed by atoms with Crippen LogP contribution in [-0.2, 0) is 26.3 Å². The van der Waals surface area contributed by atoms with Crippen molar-refractivity contribution in [3.05, 3.63) is 48.0 Å². The zero-order chi connectivity index (χ0) is 24.7. The van der Waals surface area contributed by atoms with Crippen molar-refractivity contribution in [2.45, 2.75) is 90.3 Å². The summed E-state index contributed by atoms with van der Waals surface area (Å²) in [7, 11) is -3.66. The molecule has 0 aromatic heterocycles. The van der Waals surface area contributed by atoms with Crippen molar-refractivity contribution < 1.29 is 18.0 Å². The molecule has 5 rings (SSSR count). The van der Waals surface area contributed by atoms with E-state index in [1.807, 2.05) is 30.3 Å². The Morgan fingerprint density at radius 2 is 1.91 bits per heavy atom. The van der Waals surface area contributed by atoms with E-state index in [-0.39, 0.29) is 28.5 Å². The van der Waals surface area contributed by atoms with Gasteiger partial charge < -0.3 is 0 Å². The number of fused-ring (bicyclic) bond motifs is 1. The molecule has 6 nitrogen and oxygen atoms in total. The van der Waals surface area contributed by atoms with E-state index in [1.54, 1.807) is 0 Å². The van der Waals surface area contributed by atoms with Crippen molar-refractivity contribution in [2.24, 2.45) is 22.7 Å². The highest BCUT2D eigenvalue weighted by Gasteiger charge is 2.72. The van der Waals surface area contributed by atoms with Gasteiger partial charge in [0.05, 0.1) is 18.4 Å². The molecule has 4 atom stereocenters. The van der Waals surface area contributed by atoms with Gasteiger partial charge in [0.25, 0.3) is 5.91 Å². The molecule has 3 saturated carbocycles. The van der Waals surface area contributed by atoms with E-state index in [1.165, 1.54) is 36.4 Å². The maximum Gasteiger partial charge on any atom is 0.256 e. The van der Waals surface area contributed by atoms with E-state index in [4.69, 9.17) is 4.84 Å². The van der Waals surface area contributed by atoms with E-state index < -0.39 is 16.1 Å². The maximum atomic E-state index is 13.9. The van der Waals surface area contributed by atoms with E-state index >= 15 is 0 Å². The molecular weight excluding hydrogens is 460 g/mol. The molecule has 2 bridgehead atoms. The summed E-state index contributed by atoms with van der Waals surface area (Å²) in [6.07, 6.45) is 13.6. The summed E-state index contributed by atoms with van der Waals surface area (Å²) >= 11 is 0. The molecule has 1 saturated heterocycles. The number of amides is 1. The van der Waals surface area contributed by atoms with E-state index in [9.17, 15) is 13.2 Å².